The van der Waals surface area contributed by atoms with E-state index in [4.69, 9.17) is 9.47 Å². The maximum Gasteiger partial charge on any atom is 0.350 e. The molecule has 186 valence electrons. The number of ketones is 1. The smallest absolute Gasteiger partial charge is 0.350 e. The van der Waals surface area contributed by atoms with Crippen LogP contribution in [-0.2, 0) is 14.3 Å². The number of aryl methyl sites for hydroxylation is 1. The minimum Gasteiger partial charge on any atom is -0.507 e. The number of aliphatic hydroxyl groups is 1. The Hall–Kier alpha value is -3.98. The number of esters is 1. The van der Waals surface area contributed by atoms with Crippen LogP contribution < -0.4 is 9.64 Å². The number of hydrogen-bond donors (Lipinski definition) is 1. The van der Waals surface area contributed by atoms with Gasteiger partial charge < -0.3 is 14.6 Å². The van der Waals surface area contributed by atoms with E-state index in [1.54, 1.807) is 31.2 Å². The van der Waals surface area contributed by atoms with E-state index in [9.17, 15) is 19.5 Å². The van der Waals surface area contributed by atoms with E-state index in [1.165, 1.54) is 19.1 Å². The van der Waals surface area contributed by atoms with Crippen molar-refractivity contribution >= 4 is 39.9 Å². The van der Waals surface area contributed by atoms with Crippen molar-refractivity contribution < 1.29 is 29.0 Å². The molecule has 2 aromatic carbocycles. The third-order valence-corrected chi connectivity index (χ3v) is 7.21. The van der Waals surface area contributed by atoms with Gasteiger partial charge in [0.2, 0.25) is 0 Å². The second-order valence-corrected chi connectivity index (χ2v) is 9.60. The van der Waals surface area contributed by atoms with Gasteiger partial charge in [-0.1, -0.05) is 61.6 Å². The number of aromatic nitrogens is 1. The molecule has 1 unspecified atom stereocenters. The molecular formula is C27H26N2O6S. The number of thiazole rings is 1. The average Bonchev–Trinajstić information content (AvgIpc) is 3.39. The van der Waals surface area contributed by atoms with Crippen LogP contribution in [-0.4, -0.2) is 42.0 Å². The Labute approximate surface area is 212 Å². The van der Waals surface area contributed by atoms with Gasteiger partial charge in [0.25, 0.3) is 5.78 Å². The van der Waals surface area contributed by atoms with Crippen LogP contribution in [0.4, 0.5) is 5.13 Å². The van der Waals surface area contributed by atoms with Gasteiger partial charge in [0.15, 0.2) is 5.13 Å². The molecule has 0 radical (unpaired) electrons. The first-order valence-electron chi connectivity index (χ1n) is 11.3. The number of carbonyl (C=O) groups is 3. The molecule has 1 aliphatic rings. The van der Waals surface area contributed by atoms with Crippen LogP contribution in [0.3, 0.4) is 0 Å². The standard InChI is InChI=1S/C27H26N2O6S/c1-14(2)16-9-11-17(12-10-16)21-20(22(30)18-7-6-8-19(13-18)34-4)23(31)25(32)29(21)27-28-15(3)24(36-27)26(33)35-5/h6-14,21,30H,1-5H3/b22-20+. The van der Waals surface area contributed by atoms with Crippen LogP contribution in [0.25, 0.3) is 5.76 Å². The van der Waals surface area contributed by atoms with E-state index in [-0.39, 0.29) is 27.3 Å². The average molecular weight is 507 g/mol. The van der Waals surface area contributed by atoms with Crippen molar-refractivity contribution in [3.63, 3.8) is 0 Å². The number of anilines is 1. The van der Waals surface area contributed by atoms with Gasteiger partial charge in [-0.25, -0.2) is 9.78 Å². The maximum absolute atomic E-state index is 13.4. The van der Waals surface area contributed by atoms with E-state index in [0.29, 0.717) is 22.6 Å². The Morgan fingerprint density at radius 3 is 2.42 bits per heavy atom. The zero-order valence-corrected chi connectivity index (χ0v) is 21.4. The fourth-order valence-electron chi connectivity index (χ4n) is 4.10. The Kier molecular flexibility index (Phi) is 6.94. The lowest BCUT2D eigenvalue weighted by Crippen LogP contribution is -2.29. The highest BCUT2D eigenvalue weighted by atomic mass is 32.1. The predicted molar refractivity (Wildman–Crippen MR) is 136 cm³/mol. The van der Waals surface area contributed by atoms with Crippen molar-refractivity contribution in [1.82, 2.24) is 4.98 Å². The van der Waals surface area contributed by atoms with Crippen molar-refractivity contribution in [3.05, 3.63) is 81.4 Å². The molecule has 1 aliphatic heterocycles. The van der Waals surface area contributed by atoms with Crippen LogP contribution in [0.2, 0.25) is 0 Å². The molecule has 1 atom stereocenters. The predicted octanol–water partition coefficient (Wildman–Crippen LogP) is 5.00. The number of nitrogens with zero attached hydrogens (tertiary/aromatic N) is 2. The van der Waals surface area contributed by atoms with Crippen molar-refractivity contribution in [2.45, 2.75) is 32.7 Å². The summed E-state index contributed by atoms with van der Waals surface area (Å²) in [6, 6.07) is 13.2. The molecule has 36 heavy (non-hydrogen) atoms. The third kappa shape index (κ3) is 4.37. The number of amides is 1. The Balaban J connectivity index is 1.93. The van der Waals surface area contributed by atoms with Crippen LogP contribution in [0.5, 0.6) is 5.75 Å². The molecule has 1 saturated heterocycles. The number of methoxy groups -OCH3 is 2. The summed E-state index contributed by atoms with van der Waals surface area (Å²) in [5.41, 5.74) is 2.35. The second-order valence-electron chi connectivity index (χ2n) is 8.62. The summed E-state index contributed by atoms with van der Waals surface area (Å²) in [6.07, 6.45) is 0. The molecule has 8 nitrogen and oxygen atoms in total. The normalized spacial score (nSPS) is 17.1. The second kappa shape index (κ2) is 9.94. The molecule has 1 amide bonds. The molecule has 4 rings (SSSR count). The highest BCUT2D eigenvalue weighted by molar-refractivity contribution is 7.17. The van der Waals surface area contributed by atoms with E-state index < -0.39 is 23.7 Å². The molecule has 1 aromatic heterocycles. The number of carbonyl (C=O) groups excluding carboxylic acids is 3. The molecule has 0 bridgehead atoms. The zero-order chi connectivity index (χ0) is 26.1. The number of Topliss-reactive ketones (excluding diaryl/α,β-unsaturated/α-hetero) is 1. The van der Waals surface area contributed by atoms with Crippen LogP contribution in [0.1, 0.15) is 57.9 Å². The van der Waals surface area contributed by atoms with Gasteiger partial charge in [-0.15, -0.1) is 0 Å². The molecule has 1 fully saturated rings. The van der Waals surface area contributed by atoms with E-state index in [0.717, 1.165) is 16.9 Å². The van der Waals surface area contributed by atoms with Gasteiger partial charge in [0.1, 0.15) is 16.4 Å². The van der Waals surface area contributed by atoms with Crippen molar-refractivity contribution in [2.24, 2.45) is 0 Å². The first-order valence-corrected chi connectivity index (χ1v) is 12.1. The Bertz CT molecular complexity index is 1370. The fourth-order valence-corrected chi connectivity index (χ4v) is 5.11. The summed E-state index contributed by atoms with van der Waals surface area (Å²) in [7, 11) is 2.76. The van der Waals surface area contributed by atoms with Crippen molar-refractivity contribution in [2.75, 3.05) is 19.1 Å². The molecule has 0 saturated carbocycles. The van der Waals surface area contributed by atoms with Crippen molar-refractivity contribution in [1.29, 1.82) is 0 Å². The number of hydrogen-bond acceptors (Lipinski definition) is 8. The van der Waals surface area contributed by atoms with Crippen LogP contribution in [0.15, 0.2) is 54.1 Å². The van der Waals surface area contributed by atoms with Gasteiger partial charge in [-0.05, 0) is 36.1 Å². The number of benzene rings is 2. The third-order valence-electron chi connectivity index (χ3n) is 6.07. The SMILES string of the molecule is COC(=O)c1sc(N2C(=O)C(=O)/C(=C(/O)c3cccc(OC)c3)C2c2ccc(C(C)C)cc2)nc1C. The molecule has 0 aliphatic carbocycles. The first kappa shape index (κ1) is 25.1. The molecule has 2 heterocycles. The number of rotatable bonds is 6. The van der Waals surface area contributed by atoms with E-state index >= 15 is 0 Å². The minimum atomic E-state index is -0.950. The van der Waals surface area contributed by atoms with Crippen LogP contribution >= 0.6 is 11.3 Å². The summed E-state index contributed by atoms with van der Waals surface area (Å²) in [5, 5.41) is 11.5. The lowest BCUT2D eigenvalue weighted by molar-refractivity contribution is -0.132. The molecule has 9 heteroatoms. The van der Waals surface area contributed by atoms with Gasteiger partial charge in [-0.3, -0.25) is 14.5 Å². The molecular weight excluding hydrogens is 480 g/mol. The summed E-state index contributed by atoms with van der Waals surface area (Å²) in [5.74, 6) is -1.82. The highest BCUT2D eigenvalue weighted by Gasteiger charge is 2.48. The Morgan fingerprint density at radius 2 is 1.81 bits per heavy atom. The van der Waals surface area contributed by atoms with Gasteiger partial charge in [0.05, 0.1) is 31.5 Å². The number of ether oxygens (including phenoxy) is 2. The lowest BCUT2D eigenvalue weighted by Gasteiger charge is -2.23. The maximum atomic E-state index is 13.4. The molecule has 3 aromatic rings. The fraction of sp³-hybridized carbons (Fsp3) is 0.259. The summed E-state index contributed by atoms with van der Waals surface area (Å²) in [4.78, 5) is 44.8. The highest BCUT2D eigenvalue weighted by Crippen LogP contribution is 2.44. The molecule has 0 spiro atoms. The zero-order valence-electron chi connectivity index (χ0n) is 20.6. The summed E-state index contributed by atoms with van der Waals surface area (Å²) in [6.45, 7) is 5.76. The largest absolute Gasteiger partial charge is 0.507 e. The summed E-state index contributed by atoms with van der Waals surface area (Å²) >= 11 is 0.960. The van der Waals surface area contributed by atoms with E-state index in [1.807, 2.05) is 24.3 Å². The first-order chi connectivity index (χ1) is 17.2. The Morgan fingerprint density at radius 1 is 1.11 bits per heavy atom. The van der Waals surface area contributed by atoms with Crippen molar-refractivity contribution in [3.8, 4) is 5.75 Å². The van der Waals surface area contributed by atoms with Gasteiger partial charge in [0, 0.05) is 5.56 Å². The van der Waals surface area contributed by atoms with Crippen LogP contribution in [0, 0.1) is 6.92 Å². The number of aliphatic hydroxyl groups excluding tert-OH is 1. The van der Waals surface area contributed by atoms with E-state index in [2.05, 4.69) is 18.8 Å². The quantitative estimate of drug-likeness (QED) is 0.217. The minimum absolute atomic E-state index is 0.0713. The molecule has 1 N–H and O–H groups in total. The summed E-state index contributed by atoms with van der Waals surface area (Å²) < 4.78 is 10.1. The van der Waals surface area contributed by atoms with Gasteiger partial charge >= 0.3 is 11.9 Å². The topological polar surface area (TPSA) is 106 Å². The monoisotopic (exact) mass is 506 g/mol. The lowest BCUT2D eigenvalue weighted by atomic mass is 9.93. The van der Waals surface area contributed by atoms with Gasteiger partial charge in [-0.2, -0.15) is 0 Å².